The first-order valence-corrected chi connectivity index (χ1v) is 24.9. The second-order valence-corrected chi connectivity index (χ2v) is 20.6. The monoisotopic (exact) mass is 946 g/mol. The third-order valence-corrected chi connectivity index (χ3v) is 15.2. The Bertz CT molecular complexity index is 2590. The molecule has 3 aliphatic heterocycles. The minimum Gasteiger partial charge on any atom is -0.382 e. The molecule has 0 unspecified atom stereocenters. The highest BCUT2D eigenvalue weighted by atomic mass is 32.7. The topological polar surface area (TPSA) is 287 Å². The van der Waals surface area contributed by atoms with Crippen LogP contribution in [0.5, 0.6) is 0 Å². The number of anilines is 3. The van der Waals surface area contributed by atoms with Gasteiger partial charge in [0.15, 0.2) is 47.7 Å². The van der Waals surface area contributed by atoms with E-state index >= 15 is 8.78 Å². The van der Waals surface area contributed by atoms with Crippen LogP contribution < -0.4 is 22.1 Å². The number of hydrogen-bond donors (Lipinski definition) is 4. The third-order valence-electron chi connectivity index (χ3n) is 10.5. The average Bonchev–Trinajstić information content (AvgIpc) is 4.04. The van der Waals surface area contributed by atoms with Crippen molar-refractivity contribution in [1.29, 1.82) is 0 Å². The molecule has 0 bridgehead atoms. The molecule has 64 heavy (non-hydrogen) atoms. The SMILES string of the molecule is [B][P@]1(=O)OC[C@H]2O[C@@H](n3cnc4c(N)ncnc43)[C@H](F)[C@@H]2O[P@@](=O)(SCc2ccc(NC(=O)CNC(=O)CCCCCC)cc2)OC[C@H]2O[C@@H](n3cnc4c(N)ncnc43)[C@H](F)[C@@H]2O1. The maximum Gasteiger partial charge on any atom is 0.389 e. The summed E-state index contributed by atoms with van der Waals surface area (Å²) in [5.74, 6) is -0.650. The molecule has 3 fully saturated rings. The number of aromatic nitrogens is 8. The van der Waals surface area contributed by atoms with E-state index in [0.717, 1.165) is 38.3 Å². The standard InChI is InChI=1S/C36H43BF2N12O10P2S/c1-2-3-4-5-6-23(52)42-11-24(53)49-20-9-7-19(8-10-20)14-64-63(55)57-13-22-29(25(38)35(59-22)50-17-47-27-31(40)43-15-45-33(27)50)60-62(37,54)56-12-21-30(61-63)26(39)36(58-21)51-18-48-28-32(41)44-16-46-34(28)51/h7-10,15-18,21-22,25-26,29-30,35-36H,2-6,11-14H2,1H3,(H,42,52)(H,49,53)(H2,40,43,45)(H2,41,44,46)/t21-,22-,25-,26-,29-,30-,35-,36-,62+,63+/m1/s1. The van der Waals surface area contributed by atoms with Gasteiger partial charge in [0.2, 0.25) is 19.4 Å². The van der Waals surface area contributed by atoms with Gasteiger partial charge in [-0.25, -0.2) is 43.2 Å². The Morgan fingerprint density at radius 1 is 0.812 bits per heavy atom. The van der Waals surface area contributed by atoms with Crippen molar-refractivity contribution in [3.05, 3.63) is 55.1 Å². The van der Waals surface area contributed by atoms with E-state index in [0.29, 0.717) is 29.1 Å². The van der Waals surface area contributed by atoms with Gasteiger partial charge in [0.1, 0.15) is 48.1 Å². The fraction of sp³-hybridized carbons (Fsp3) is 0.500. The van der Waals surface area contributed by atoms with Gasteiger partial charge in [0.05, 0.1) is 32.4 Å². The summed E-state index contributed by atoms with van der Waals surface area (Å²) in [5.41, 5.74) is 13.4. The molecule has 10 atom stereocenters. The summed E-state index contributed by atoms with van der Waals surface area (Å²) >= 11 is 0.676. The number of nitrogens with one attached hydrogen (secondary N) is 2. The summed E-state index contributed by atoms with van der Waals surface area (Å²) in [6, 6.07) is 6.49. The predicted molar refractivity (Wildman–Crippen MR) is 228 cm³/mol. The molecule has 1 aromatic carbocycles. The van der Waals surface area contributed by atoms with E-state index in [-0.39, 0.29) is 52.2 Å². The van der Waals surface area contributed by atoms with Gasteiger partial charge in [-0.2, -0.15) is 0 Å². The lowest BCUT2D eigenvalue weighted by atomic mass is 10.1. The van der Waals surface area contributed by atoms with Crippen LogP contribution in [-0.2, 0) is 52.0 Å². The summed E-state index contributed by atoms with van der Waals surface area (Å²) in [6.45, 7) is -4.14. The molecule has 2 radical (unpaired) electrons. The number of nitrogens with zero attached hydrogens (tertiary/aromatic N) is 8. The lowest BCUT2D eigenvalue weighted by Crippen LogP contribution is -2.37. The highest BCUT2D eigenvalue weighted by Gasteiger charge is 2.54. The molecule has 7 heterocycles. The fourth-order valence-corrected chi connectivity index (χ4v) is 11.7. The first-order valence-electron chi connectivity index (χ1n) is 20.1. The van der Waals surface area contributed by atoms with E-state index in [2.05, 4.69) is 47.5 Å². The van der Waals surface area contributed by atoms with Gasteiger partial charge in [-0.15, -0.1) is 0 Å². The summed E-state index contributed by atoms with van der Waals surface area (Å²) in [4.78, 5) is 49.1. The van der Waals surface area contributed by atoms with Gasteiger partial charge in [-0.3, -0.25) is 32.3 Å². The number of rotatable bonds is 13. The van der Waals surface area contributed by atoms with Gasteiger partial charge in [0.25, 0.3) is 7.47 Å². The molecule has 8 rings (SSSR count). The van der Waals surface area contributed by atoms with Crippen LogP contribution in [0.2, 0.25) is 0 Å². The van der Waals surface area contributed by atoms with E-state index in [4.69, 9.17) is 46.6 Å². The zero-order valence-electron chi connectivity index (χ0n) is 34.1. The highest BCUT2D eigenvalue weighted by molar-refractivity contribution is 8.54. The lowest BCUT2D eigenvalue weighted by molar-refractivity contribution is -0.124. The van der Waals surface area contributed by atoms with Gasteiger partial charge >= 0.3 is 6.80 Å². The lowest BCUT2D eigenvalue weighted by Gasteiger charge is -2.30. The Morgan fingerprint density at radius 3 is 1.98 bits per heavy atom. The van der Waals surface area contributed by atoms with Crippen molar-refractivity contribution in [3.8, 4) is 0 Å². The first kappa shape index (κ1) is 45.9. The molecule has 4 aromatic heterocycles. The highest BCUT2D eigenvalue weighted by Crippen LogP contribution is 2.65. The third kappa shape index (κ3) is 10.1. The van der Waals surface area contributed by atoms with Crippen LogP contribution in [0, 0.1) is 0 Å². The summed E-state index contributed by atoms with van der Waals surface area (Å²) < 4.78 is 99.6. The van der Waals surface area contributed by atoms with Crippen molar-refractivity contribution in [1.82, 2.24) is 44.4 Å². The molecule has 5 aromatic rings. The van der Waals surface area contributed by atoms with Crippen LogP contribution in [0.4, 0.5) is 26.1 Å². The number of nitrogen functional groups attached to an aromatic ring is 2. The number of amides is 2. The van der Waals surface area contributed by atoms with Crippen LogP contribution in [0.15, 0.2) is 49.6 Å². The van der Waals surface area contributed by atoms with Crippen molar-refractivity contribution in [2.75, 3.05) is 36.5 Å². The Morgan fingerprint density at radius 2 is 1.39 bits per heavy atom. The maximum absolute atomic E-state index is 16.8. The molecule has 3 saturated heterocycles. The summed E-state index contributed by atoms with van der Waals surface area (Å²) in [7, 11) is 1.31. The maximum atomic E-state index is 16.8. The van der Waals surface area contributed by atoms with E-state index in [1.54, 1.807) is 24.3 Å². The number of carbonyl (C=O) groups is 2. The molecule has 3 aliphatic rings. The number of hydrogen-bond acceptors (Lipinski definition) is 19. The molecule has 28 heteroatoms. The number of ether oxygens (including phenoxy) is 2. The molecule has 340 valence electrons. The minimum atomic E-state index is -4.69. The Hall–Kier alpha value is -4.65. The molecular weight excluding hydrogens is 903 g/mol. The molecule has 0 saturated carbocycles. The normalized spacial score (nSPS) is 29.7. The van der Waals surface area contributed by atoms with E-state index in [9.17, 15) is 18.7 Å². The van der Waals surface area contributed by atoms with Crippen molar-refractivity contribution in [2.45, 2.75) is 94.0 Å². The number of nitrogens with two attached hydrogens (primary N) is 2. The number of fused-ring (bicyclic) bond motifs is 4. The molecular formula is C36H43BF2N12O10P2S. The number of imidazole rings is 2. The first-order chi connectivity index (χ1) is 30.7. The van der Waals surface area contributed by atoms with Crippen LogP contribution in [0.1, 0.15) is 57.0 Å². The quantitative estimate of drug-likeness (QED) is 0.0720. The summed E-state index contributed by atoms with van der Waals surface area (Å²) in [6.07, 6.45) is -4.85. The molecule has 0 aliphatic carbocycles. The van der Waals surface area contributed by atoms with Gasteiger partial charge < -0.3 is 40.6 Å². The number of unbranched alkanes of at least 4 members (excludes halogenated alkanes) is 3. The number of halogens is 2. The Kier molecular flexibility index (Phi) is 13.9. The Balaban J connectivity index is 1.02. The van der Waals surface area contributed by atoms with Crippen LogP contribution >= 0.6 is 25.7 Å². The Labute approximate surface area is 368 Å². The van der Waals surface area contributed by atoms with Crippen LogP contribution in [0.25, 0.3) is 22.3 Å². The number of carbonyl (C=O) groups excluding carboxylic acids is 2. The van der Waals surface area contributed by atoms with Crippen molar-refractivity contribution in [3.63, 3.8) is 0 Å². The van der Waals surface area contributed by atoms with E-state index in [1.807, 2.05) is 0 Å². The van der Waals surface area contributed by atoms with Crippen molar-refractivity contribution >= 4 is 84.7 Å². The predicted octanol–water partition coefficient (Wildman–Crippen LogP) is 4.46. The van der Waals surface area contributed by atoms with Crippen molar-refractivity contribution < 1.29 is 55.1 Å². The van der Waals surface area contributed by atoms with E-state index in [1.165, 1.54) is 21.8 Å². The number of alkyl halides is 2. The van der Waals surface area contributed by atoms with Crippen LogP contribution in [0.3, 0.4) is 0 Å². The van der Waals surface area contributed by atoms with Crippen LogP contribution in [-0.4, -0.2) is 115 Å². The molecule has 0 spiro atoms. The molecule has 2 amide bonds. The largest absolute Gasteiger partial charge is 0.389 e. The van der Waals surface area contributed by atoms with E-state index < -0.39 is 82.6 Å². The second kappa shape index (κ2) is 19.4. The zero-order valence-corrected chi connectivity index (χ0v) is 36.7. The summed E-state index contributed by atoms with van der Waals surface area (Å²) in [5, 5.41) is 5.32. The smallest absolute Gasteiger partial charge is 0.382 e. The zero-order chi connectivity index (χ0) is 45.2. The van der Waals surface area contributed by atoms with Gasteiger partial charge in [0, 0.05) is 17.9 Å². The van der Waals surface area contributed by atoms with Crippen molar-refractivity contribution in [2.24, 2.45) is 0 Å². The van der Waals surface area contributed by atoms with Gasteiger partial charge in [-0.05, 0) is 35.5 Å². The fourth-order valence-electron chi connectivity index (χ4n) is 7.28. The average molecular weight is 947 g/mol. The number of benzene rings is 1. The van der Waals surface area contributed by atoms with Gasteiger partial charge in [-0.1, -0.05) is 38.3 Å². The molecule has 22 nitrogen and oxygen atoms in total. The second-order valence-electron chi connectivity index (χ2n) is 15.0. The minimum absolute atomic E-state index is 0.0194. The molecule has 6 N–H and O–H groups in total.